The van der Waals surface area contributed by atoms with Gasteiger partial charge in [-0.05, 0) is 45.7 Å². The predicted octanol–water partition coefficient (Wildman–Crippen LogP) is 2.78. The Hall–Kier alpha value is -0.0800. The molecule has 2 heterocycles. The fraction of sp³-hybridized carbons (Fsp3) is 1.00. The van der Waals surface area contributed by atoms with Crippen molar-refractivity contribution in [2.45, 2.75) is 76.4 Å². The Labute approximate surface area is 101 Å². The largest absolute Gasteiger partial charge is 0.314 e. The monoisotopic (exact) mass is 224 g/mol. The Morgan fingerprint density at radius 1 is 1.06 bits per heavy atom. The van der Waals surface area contributed by atoms with Gasteiger partial charge in [-0.1, -0.05) is 26.2 Å². The van der Waals surface area contributed by atoms with Crippen molar-refractivity contribution in [2.24, 2.45) is 0 Å². The van der Waals surface area contributed by atoms with Crippen LogP contribution in [0.25, 0.3) is 0 Å². The van der Waals surface area contributed by atoms with Gasteiger partial charge in [-0.15, -0.1) is 0 Å². The molecule has 0 radical (unpaired) electrons. The molecule has 0 spiro atoms. The van der Waals surface area contributed by atoms with Crippen molar-refractivity contribution in [3.05, 3.63) is 0 Å². The molecule has 0 aliphatic carbocycles. The zero-order valence-electron chi connectivity index (χ0n) is 11.0. The first-order chi connectivity index (χ1) is 7.81. The number of fused-ring (bicyclic) bond motifs is 2. The highest BCUT2D eigenvalue weighted by atomic mass is 15.2. The van der Waals surface area contributed by atoms with Gasteiger partial charge in [-0.2, -0.15) is 0 Å². The molecule has 2 unspecified atom stereocenters. The first kappa shape index (κ1) is 12.4. The van der Waals surface area contributed by atoms with Crippen molar-refractivity contribution >= 4 is 0 Å². The number of nitrogens with one attached hydrogen (secondary N) is 1. The number of nitrogens with zero attached hydrogens (tertiary/aromatic N) is 1. The molecule has 2 fully saturated rings. The maximum atomic E-state index is 3.78. The Morgan fingerprint density at radius 2 is 1.75 bits per heavy atom. The summed E-state index contributed by atoms with van der Waals surface area (Å²) in [6.07, 6.45) is 11.2. The lowest BCUT2D eigenvalue weighted by molar-refractivity contribution is 0.149. The number of unbranched alkanes of at least 4 members (excludes halogenated alkanes) is 3. The molecule has 0 amide bonds. The quantitative estimate of drug-likeness (QED) is 0.698. The van der Waals surface area contributed by atoms with Crippen molar-refractivity contribution in [1.82, 2.24) is 10.2 Å². The summed E-state index contributed by atoms with van der Waals surface area (Å²) in [6, 6.07) is 2.58. The highest BCUT2D eigenvalue weighted by molar-refractivity contribution is 4.95. The second-order valence-electron chi connectivity index (χ2n) is 5.73. The summed E-state index contributed by atoms with van der Waals surface area (Å²) in [5.74, 6) is 0. The van der Waals surface area contributed by atoms with Crippen molar-refractivity contribution < 1.29 is 0 Å². The average molecular weight is 224 g/mol. The third-order valence-corrected chi connectivity index (χ3v) is 4.56. The van der Waals surface area contributed by atoms with Crippen LogP contribution < -0.4 is 5.32 Å². The number of hydrogen-bond donors (Lipinski definition) is 1. The third-order valence-electron chi connectivity index (χ3n) is 4.56. The van der Waals surface area contributed by atoms with Crippen LogP contribution >= 0.6 is 0 Å². The number of hydrogen-bond acceptors (Lipinski definition) is 2. The fourth-order valence-electron chi connectivity index (χ4n) is 3.44. The van der Waals surface area contributed by atoms with E-state index in [0.717, 1.165) is 18.1 Å². The van der Waals surface area contributed by atoms with E-state index in [9.17, 15) is 0 Å². The summed E-state index contributed by atoms with van der Waals surface area (Å²) in [6.45, 7) is 3.52. The van der Waals surface area contributed by atoms with E-state index < -0.39 is 0 Å². The van der Waals surface area contributed by atoms with Gasteiger partial charge in [0.2, 0.25) is 0 Å². The molecule has 0 aromatic rings. The molecule has 2 saturated heterocycles. The van der Waals surface area contributed by atoms with Crippen LogP contribution in [0.2, 0.25) is 0 Å². The van der Waals surface area contributed by atoms with E-state index in [-0.39, 0.29) is 0 Å². The molecule has 0 aromatic carbocycles. The minimum atomic E-state index is 0.815. The summed E-state index contributed by atoms with van der Waals surface area (Å²) in [7, 11) is 2.32. The Balaban J connectivity index is 1.61. The minimum absolute atomic E-state index is 0.815. The van der Waals surface area contributed by atoms with Crippen molar-refractivity contribution in [3.63, 3.8) is 0 Å². The van der Waals surface area contributed by atoms with Crippen LogP contribution in [0.15, 0.2) is 0 Å². The normalized spacial score (nSPS) is 34.5. The van der Waals surface area contributed by atoms with Gasteiger partial charge in [-0.3, -0.25) is 0 Å². The van der Waals surface area contributed by atoms with Gasteiger partial charge in [0, 0.05) is 18.1 Å². The third kappa shape index (κ3) is 2.98. The molecule has 94 valence electrons. The highest BCUT2D eigenvalue weighted by Crippen LogP contribution is 2.34. The Morgan fingerprint density at radius 3 is 2.38 bits per heavy atom. The molecule has 2 heteroatoms. The first-order valence-electron chi connectivity index (χ1n) is 7.26. The fourth-order valence-corrected chi connectivity index (χ4v) is 3.44. The second-order valence-corrected chi connectivity index (χ2v) is 5.73. The lowest BCUT2D eigenvalue weighted by atomic mass is 9.98. The highest BCUT2D eigenvalue weighted by Gasteiger charge is 2.37. The van der Waals surface area contributed by atoms with Crippen LogP contribution in [0.3, 0.4) is 0 Å². The maximum Gasteiger partial charge on any atom is 0.0111 e. The average Bonchev–Trinajstić information content (AvgIpc) is 2.54. The van der Waals surface area contributed by atoms with Crippen LogP contribution in [0.1, 0.15) is 58.3 Å². The lowest BCUT2D eigenvalue weighted by Gasteiger charge is -2.36. The first-order valence-corrected chi connectivity index (χ1v) is 7.26. The van der Waals surface area contributed by atoms with Gasteiger partial charge in [-0.25, -0.2) is 0 Å². The summed E-state index contributed by atoms with van der Waals surface area (Å²) in [5.41, 5.74) is 0. The molecule has 2 atom stereocenters. The lowest BCUT2D eigenvalue weighted by Crippen LogP contribution is -2.47. The smallest absolute Gasteiger partial charge is 0.0111 e. The minimum Gasteiger partial charge on any atom is -0.314 e. The molecule has 2 rings (SSSR count). The summed E-state index contributed by atoms with van der Waals surface area (Å²) >= 11 is 0. The SMILES string of the molecule is CCCCCCNC1CC2CCC(C1)N2C. The van der Waals surface area contributed by atoms with Gasteiger partial charge >= 0.3 is 0 Å². The summed E-state index contributed by atoms with van der Waals surface area (Å²) in [4.78, 5) is 2.62. The van der Waals surface area contributed by atoms with Gasteiger partial charge in [0.05, 0.1) is 0 Å². The molecular formula is C14H28N2. The van der Waals surface area contributed by atoms with E-state index in [2.05, 4.69) is 24.2 Å². The van der Waals surface area contributed by atoms with E-state index in [0.29, 0.717) is 0 Å². The van der Waals surface area contributed by atoms with Gasteiger partial charge in [0.1, 0.15) is 0 Å². The van der Waals surface area contributed by atoms with Crippen molar-refractivity contribution in [1.29, 1.82) is 0 Å². The van der Waals surface area contributed by atoms with Crippen LogP contribution in [0, 0.1) is 0 Å². The number of rotatable bonds is 6. The van der Waals surface area contributed by atoms with Crippen LogP contribution in [-0.2, 0) is 0 Å². The maximum absolute atomic E-state index is 3.78. The standard InChI is InChI=1S/C14H28N2/c1-3-4-5-6-9-15-12-10-13-7-8-14(11-12)16(13)2/h12-15H,3-11H2,1-2H3. The molecule has 1 N–H and O–H groups in total. The van der Waals surface area contributed by atoms with Crippen molar-refractivity contribution in [3.8, 4) is 0 Å². The molecule has 2 bridgehead atoms. The van der Waals surface area contributed by atoms with Gasteiger partial charge < -0.3 is 10.2 Å². The van der Waals surface area contributed by atoms with E-state index in [1.54, 1.807) is 0 Å². The van der Waals surface area contributed by atoms with Crippen LogP contribution in [0.4, 0.5) is 0 Å². The molecular weight excluding hydrogens is 196 g/mol. The van der Waals surface area contributed by atoms with Crippen LogP contribution in [0.5, 0.6) is 0 Å². The molecule has 16 heavy (non-hydrogen) atoms. The summed E-state index contributed by atoms with van der Waals surface area (Å²) < 4.78 is 0. The molecule has 0 aromatic heterocycles. The predicted molar refractivity (Wildman–Crippen MR) is 69.7 cm³/mol. The molecule has 2 aliphatic rings. The van der Waals surface area contributed by atoms with Gasteiger partial charge in [0.25, 0.3) is 0 Å². The van der Waals surface area contributed by atoms with E-state index in [1.165, 1.54) is 57.9 Å². The molecule has 0 saturated carbocycles. The second kappa shape index (κ2) is 6.02. The van der Waals surface area contributed by atoms with E-state index in [1.807, 2.05) is 0 Å². The molecule has 2 aliphatic heterocycles. The van der Waals surface area contributed by atoms with Crippen molar-refractivity contribution in [2.75, 3.05) is 13.6 Å². The zero-order valence-corrected chi connectivity index (χ0v) is 11.0. The molecule has 2 nitrogen and oxygen atoms in total. The Bertz CT molecular complexity index is 191. The van der Waals surface area contributed by atoms with E-state index in [4.69, 9.17) is 0 Å². The Kier molecular flexibility index (Phi) is 4.66. The van der Waals surface area contributed by atoms with Crippen LogP contribution in [-0.4, -0.2) is 36.6 Å². The topological polar surface area (TPSA) is 15.3 Å². The van der Waals surface area contributed by atoms with Gasteiger partial charge in [0.15, 0.2) is 0 Å². The number of piperidine rings is 1. The zero-order chi connectivity index (χ0) is 11.4. The summed E-state index contributed by atoms with van der Waals surface area (Å²) in [5, 5.41) is 3.78. The van der Waals surface area contributed by atoms with E-state index >= 15 is 0 Å².